The van der Waals surface area contributed by atoms with E-state index in [0.29, 0.717) is 33.5 Å². The van der Waals surface area contributed by atoms with Gasteiger partial charge in [0.2, 0.25) is 0 Å². The van der Waals surface area contributed by atoms with Gasteiger partial charge in [0, 0.05) is 26.1 Å². The zero-order chi connectivity index (χ0) is 40.2. The molecule has 0 spiro atoms. The number of hydrogen-bond donors (Lipinski definition) is 4. The van der Waals surface area contributed by atoms with Crippen molar-refractivity contribution in [1.82, 2.24) is 0 Å². The van der Waals surface area contributed by atoms with Crippen molar-refractivity contribution in [3.05, 3.63) is 51.3 Å². The quantitative estimate of drug-likeness (QED) is 0.0133. The van der Waals surface area contributed by atoms with E-state index in [9.17, 15) is 15.0 Å². The van der Waals surface area contributed by atoms with Gasteiger partial charge in [0.1, 0.15) is 5.92 Å². The van der Waals surface area contributed by atoms with E-state index in [0.717, 1.165) is 81.2 Å². The van der Waals surface area contributed by atoms with Gasteiger partial charge in [-0.2, -0.15) is 0 Å². The summed E-state index contributed by atoms with van der Waals surface area (Å²) < 4.78 is 11.1. The lowest BCUT2D eigenvalue weighted by atomic mass is 9.74. The Bertz CT molecular complexity index is 1510. The summed E-state index contributed by atoms with van der Waals surface area (Å²) in [5, 5.41) is 20.6. The number of hydrogen-bond acceptors (Lipinski definition) is 7. The lowest BCUT2D eigenvalue weighted by molar-refractivity contribution is -0.147. The van der Waals surface area contributed by atoms with E-state index in [1.54, 1.807) is 0 Å². The molecule has 6 N–H and O–H groups in total. The number of aliphatic hydroxyl groups excluding tert-OH is 2. The van der Waals surface area contributed by atoms with Gasteiger partial charge in [-0.15, -0.1) is 0 Å². The lowest BCUT2D eigenvalue weighted by Gasteiger charge is -2.31. The minimum absolute atomic E-state index is 0.0799. The number of esters is 1. The molecular formula is C41H58I6N2O5. The van der Waals surface area contributed by atoms with Crippen LogP contribution in [0.25, 0.3) is 0 Å². The zero-order valence-corrected chi connectivity index (χ0v) is 44.5. The molecule has 54 heavy (non-hydrogen) atoms. The second-order valence-electron chi connectivity index (χ2n) is 14.1. The van der Waals surface area contributed by atoms with E-state index < -0.39 is 36.4 Å². The fraction of sp³-hybridized carbons (Fsp3) is 0.610. The van der Waals surface area contributed by atoms with Crippen molar-refractivity contribution in [2.75, 3.05) is 18.1 Å². The van der Waals surface area contributed by atoms with Crippen molar-refractivity contribution < 1.29 is 24.5 Å². The number of aliphatic hydroxyl groups is 2. The molecule has 4 unspecified atom stereocenters. The molecule has 0 amide bonds. The number of nitrogen functional groups attached to an aromatic ring is 2. The first-order valence-electron chi connectivity index (χ1n) is 19.4. The molecule has 0 aliphatic rings. The van der Waals surface area contributed by atoms with Gasteiger partial charge in [-0.1, -0.05) is 96.6 Å². The number of nitrogens with two attached hydrogens (primary N) is 2. The number of anilines is 2. The summed E-state index contributed by atoms with van der Waals surface area (Å²) in [4.78, 5) is 29.7. The number of carbonyl (C=O) groups excluding carboxylic acids is 2. The molecule has 4 atom stereocenters. The predicted octanol–water partition coefficient (Wildman–Crippen LogP) is 12.9. The van der Waals surface area contributed by atoms with Gasteiger partial charge in [-0.25, -0.2) is 0 Å². The average Bonchev–Trinajstić information content (AvgIpc) is 3.14. The molecule has 13 heteroatoms. The molecule has 2 aromatic rings. The summed E-state index contributed by atoms with van der Waals surface area (Å²) in [5.41, 5.74) is 15.0. The molecule has 2 rings (SSSR count). The SMILES string of the molecule is CCCCCCCCC=CCCCCCCC(CC(O)CO)C(=O)C(C(=O)Oc1c(I)cc(I)c(N)c1I)C(CCCCC)c1c(I)cc(I)c(N)c1I. The van der Waals surface area contributed by atoms with Crippen LogP contribution in [0, 0.1) is 33.3 Å². The Labute approximate surface area is 406 Å². The van der Waals surface area contributed by atoms with Crippen LogP contribution in [0.2, 0.25) is 0 Å². The molecular weight excluding hydrogens is 1360 g/mol. The first kappa shape index (κ1) is 51.4. The van der Waals surface area contributed by atoms with Gasteiger partial charge in [-0.3, -0.25) is 9.59 Å². The van der Waals surface area contributed by atoms with Crippen LogP contribution in [-0.2, 0) is 9.59 Å². The van der Waals surface area contributed by atoms with Crippen molar-refractivity contribution in [1.29, 1.82) is 0 Å². The highest BCUT2D eigenvalue weighted by atomic mass is 127. The Morgan fingerprint density at radius 1 is 0.704 bits per heavy atom. The minimum Gasteiger partial charge on any atom is -0.424 e. The second kappa shape index (κ2) is 28.6. The third-order valence-corrected chi connectivity index (χ3v) is 15.5. The number of rotatable bonds is 27. The van der Waals surface area contributed by atoms with Crippen molar-refractivity contribution in [2.24, 2.45) is 11.8 Å². The number of Topliss-reactive ketones (excluding diaryl/α,β-unsaturated/α-hetero) is 1. The number of ketones is 1. The molecule has 304 valence electrons. The van der Waals surface area contributed by atoms with E-state index in [2.05, 4.69) is 162 Å². The van der Waals surface area contributed by atoms with Gasteiger partial charge >= 0.3 is 5.97 Å². The first-order valence-corrected chi connectivity index (χ1v) is 25.8. The van der Waals surface area contributed by atoms with Crippen LogP contribution >= 0.6 is 136 Å². The smallest absolute Gasteiger partial charge is 0.322 e. The van der Waals surface area contributed by atoms with Crippen LogP contribution in [0.4, 0.5) is 11.4 Å². The van der Waals surface area contributed by atoms with E-state index >= 15 is 4.79 Å². The topological polar surface area (TPSA) is 136 Å². The van der Waals surface area contributed by atoms with Gasteiger partial charge in [0.25, 0.3) is 0 Å². The van der Waals surface area contributed by atoms with Crippen molar-refractivity contribution >= 4 is 159 Å². The number of ether oxygens (including phenoxy) is 1. The Morgan fingerprint density at radius 3 is 1.80 bits per heavy atom. The van der Waals surface area contributed by atoms with Crippen LogP contribution in [0.15, 0.2) is 24.3 Å². The Hall–Kier alpha value is 1.22. The van der Waals surface area contributed by atoms with Crippen LogP contribution in [0.1, 0.15) is 141 Å². The third-order valence-electron chi connectivity index (χ3n) is 9.79. The molecule has 0 heterocycles. The first-order chi connectivity index (χ1) is 25.8. The van der Waals surface area contributed by atoms with E-state index in [1.807, 2.05) is 12.1 Å². The van der Waals surface area contributed by atoms with Gasteiger partial charge in [0.15, 0.2) is 11.5 Å². The Morgan fingerprint density at radius 2 is 1.20 bits per heavy atom. The molecule has 0 saturated heterocycles. The number of allylic oxidation sites excluding steroid dienone is 2. The zero-order valence-electron chi connectivity index (χ0n) is 31.6. The maximum absolute atomic E-state index is 15.0. The summed E-state index contributed by atoms with van der Waals surface area (Å²) in [6, 6.07) is 3.88. The molecule has 0 bridgehead atoms. The van der Waals surface area contributed by atoms with Crippen molar-refractivity contribution in [2.45, 2.75) is 141 Å². The highest BCUT2D eigenvalue weighted by Gasteiger charge is 2.42. The molecule has 0 aromatic heterocycles. The van der Waals surface area contributed by atoms with Crippen molar-refractivity contribution in [3.8, 4) is 5.75 Å². The van der Waals surface area contributed by atoms with E-state index in [4.69, 9.17) is 16.2 Å². The van der Waals surface area contributed by atoms with Crippen LogP contribution < -0.4 is 16.2 Å². The normalized spacial score (nSPS) is 14.0. The number of benzene rings is 2. The number of carbonyl (C=O) groups is 2. The minimum atomic E-state index is -1.15. The summed E-state index contributed by atoms with van der Waals surface area (Å²) in [5.74, 6) is -2.81. The summed E-state index contributed by atoms with van der Waals surface area (Å²) in [7, 11) is 0. The van der Waals surface area contributed by atoms with E-state index in [-0.39, 0.29) is 12.2 Å². The van der Waals surface area contributed by atoms with Gasteiger partial charge in [-0.05, 0) is 198 Å². The Balaban J connectivity index is 2.40. The van der Waals surface area contributed by atoms with E-state index in [1.165, 1.54) is 38.5 Å². The molecule has 0 aliphatic carbocycles. The molecule has 0 saturated carbocycles. The average molecular weight is 1420 g/mol. The van der Waals surface area contributed by atoms with Crippen LogP contribution in [-0.4, -0.2) is 34.7 Å². The maximum atomic E-state index is 15.0. The fourth-order valence-electron chi connectivity index (χ4n) is 6.69. The standard InChI is InChI=1S/C41H58I6N2O5/c1-3-5-7-8-9-10-11-12-13-14-15-16-17-19-20-26(22-27(51)25-50)39(52)34(41(53)54-40-32(45)24-31(44)38(49)36(40)47)28(21-18-6-4-2)33-29(42)23-30(43)37(48)35(33)46/h12-13,23-24,26-28,34,50-51H,3-11,14-22,25,48-49H2,1-2H3. The summed E-state index contributed by atoms with van der Waals surface area (Å²) in [6.45, 7) is 3.93. The molecule has 0 fully saturated rings. The molecule has 0 radical (unpaired) electrons. The van der Waals surface area contributed by atoms with Gasteiger partial charge in [0.05, 0.1) is 31.2 Å². The number of halogens is 6. The largest absolute Gasteiger partial charge is 0.424 e. The van der Waals surface area contributed by atoms with Crippen molar-refractivity contribution in [3.63, 3.8) is 0 Å². The third kappa shape index (κ3) is 17.1. The highest BCUT2D eigenvalue weighted by molar-refractivity contribution is 14.1. The Kier molecular flexibility index (Phi) is 27.2. The molecule has 7 nitrogen and oxygen atoms in total. The monoisotopic (exact) mass is 1420 g/mol. The fourth-order valence-corrected chi connectivity index (χ4v) is 14.5. The van der Waals surface area contributed by atoms with Gasteiger partial charge < -0.3 is 26.4 Å². The predicted molar refractivity (Wildman–Crippen MR) is 275 cm³/mol. The summed E-state index contributed by atoms with van der Waals surface area (Å²) in [6.07, 6.45) is 21.4. The summed E-state index contributed by atoms with van der Waals surface area (Å²) >= 11 is 13.2. The lowest BCUT2D eigenvalue weighted by Crippen LogP contribution is -2.39. The van der Waals surface area contributed by atoms with Crippen LogP contribution in [0.5, 0.6) is 5.75 Å². The number of unbranched alkanes of at least 4 members (excludes halogenated alkanes) is 12. The molecule has 2 aromatic carbocycles. The highest BCUT2D eigenvalue weighted by Crippen LogP contribution is 2.43. The maximum Gasteiger partial charge on any atom is 0.322 e. The van der Waals surface area contributed by atoms with Crippen LogP contribution in [0.3, 0.4) is 0 Å². The second-order valence-corrected chi connectivity index (χ2v) is 20.9. The molecule has 0 aliphatic heterocycles.